The first-order chi connectivity index (χ1) is 10.9. The first-order valence-electron chi connectivity index (χ1n) is 7.42. The molecule has 1 aromatic carbocycles. The van der Waals surface area contributed by atoms with Gasteiger partial charge in [-0.15, -0.1) is 0 Å². The van der Waals surface area contributed by atoms with E-state index in [1.807, 2.05) is 42.7 Å². The molecule has 2 rings (SSSR count). The Balaban J connectivity index is 2.25. The van der Waals surface area contributed by atoms with Crippen LogP contribution >= 0.6 is 0 Å². The van der Waals surface area contributed by atoms with E-state index in [9.17, 15) is 9.59 Å². The molecule has 23 heavy (non-hydrogen) atoms. The van der Waals surface area contributed by atoms with Crippen molar-refractivity contribution in [1.82, 2.24) is 4.57 Å². The Bertz CT molecular complexity index is 681. The van der Waals surface area contributed by atoms with Crippen molar-refractivity contribution in [3.8, 4) is 5.75 Å². The monoisotopic (exact) mass is 315 g/mol. The van der Waals surface area contributed by atoms with Gasteiger partial charge in [0.25, 0.3) is 0 Å². The molecular weight excluding hydrogens is 294 g/mol. The van der Waals surface area contributed by atoms with Crippen molar-refractivity contribution in [2.75, 3.05) is 7.11 Å². The van der Waals surface area contributed by atoms with Gasteiger partial charge in [0.15, 0.2) is 0 Å². The van der Waals surface area contributed by atoms with Crippen molar-refractivity contribution in [3.63, 3.8) is 0 Å². The number of benzene rings is 1. The molecule has 1 atom stereocenters. The number of aryl methyl sites for hydroxylation is 2. The lowest BCUT2D eigenvalue weighted by atomic mass is 10.1. The Kier molecular flexibility index (Phi) is 5.21. The number of carbonyl (C=O) groups is 2. The molecule has 0 aliphatic rings. The number of hydrogen-bond acceptors (Lipinski definition) is 4. The molecule has 122 valence electrons. The minimum Gasteiger partial charge on any atom is -0.467 e. The summed E-state index contributed by atoms with van der Waals surface area (Å²) in [5.41, 5.74) is 2.98. The lowest BCUT2D eigenvalue weighted by molar-refractivity contribution is -0.144. The molecule has 0 aliphatic carbocycles. The molecule has 1 aromatic heterocycles. The van der Waals surface area contributed by atoms with Crippen LogP contribution in [0.25, 0.3) is 0 Å². The highest BCUT2D eigenvalue weighted by Crippen LogP contribution is 2.23. The lowest BCUT2D eigenvalue weighted by Crippen LogP contribution is -2.24. The maximum absolute atomic E-state index is 12.2. The zero-order chi connectivity index (χ0) is 17.0. The molecule has 0 amide bonds. The highest BCUT2D eigenvalue weighted by molar-refractivity contribution is 5.75. The van der Waals surface area contributed by atoms with Gasteiger partial charge in [-0.05, 0) is 43.7 Å². The Morgan fingerprint density at radius 1 is 1.04 bits per heavy atom. The van der Waals surface area contributed by atoms with Gasteiger partial charge in [-0.1, -0.05) is 12.1 Å². The van der Waals surface area contributed by atoms with Crippen LogP contribution in [0, 0.1) is 13.8 Å². The van der Waals surface area contributed by atoms with E-state index in [2.05, 4.69) is 0 Å². The Labute approximate surface area is 135 Å². The maximum Gasteiger partial charge on any atom is 0.329 e. The normalized spacial score (nSPS) is 11.8. The molecule has 1 heterocycles. The lowest BCUT2D eigenvalue weighted by Gasteiger charge is -2.20. The highest BCUT2D eigenvalue weighted by atomic mass is 16.5. The van der Waals surface area contributed by atoms with Gasteiger partial charge < -0.3 is 14.0 Å². The van der Waals surface area contributed by atoms with Crippen LogP contribution in [-0.4, -0.2) is 23.6 Å². The fourth-order valence-electron chi connectivity index (χ4n) is 2.67. The molecule has 5 nitrogen and oxygen atoms in total. The molecule has 1 unspecified atom stereocenters. The van der Waals surface area contributed by atoms with Crippen LogP contribution in [0.5, 0.6) is 5.75 Å². The Hall–Kier alpha value is -2.56. The molecule has 0 aliphatic heterocycles. The number of ether oxygens (including phenoxy) is 2. The number of aromatic nitrogens is 1. The molecule has 0 radical (unpaired) electrons. The van der Waals surface area contributed by atoms with Gasteiger partial charge in [0.1, 0.15) is 11.8 Å². The van der Waals surface area contributed by atoms with E-state index in [0.29, 0.717) is 12.2 Å². The summed E-state index contributed by atoms with van der Waals surface area (Å²) in [7, 11) is 1.40. The molecule has 0 fully saturated rings. The van der Waals surface area contributed by atoms with Crippen LogP contribution in [0.4, 0.5) is 0 Å². The summed E-state index contributed by atoms with van der Waals surface area (Å²) in [6.07, 6.45) is 0.503. The third-order valence-electron chi connectivity index (χ3n) is 3.72. The second kappa shape index (κ2) is 7.13. The van der Waals surface area contributed by atoms with Gasteiger partial charge in [0, 0.05) is 24.7 Å². The van der Waals surface area contributed by atoms with Gasteiger partial charge in [-0.25, -0.2) is 4.79 Å². The summed E-state index contributed by atoms with van der Waals surface area (Å²) in [6, 6.07) is 10.7. The van der Waals surface area contributed by atoms with Crippen LogP contribution in [0.1, 0.15) is 29.9 Å². The van der Waals surface area contributed by atoms with Crippen molar-refractivity contribution in [2.45, 2.75) is 33.2 Å². The van der Waals surface area contributed by atoms with Crippen LogP contribution in [0.3, 0.4) is 0 Å². The summed E-state index contributed by atoms with van der Waals surface area (Å²) >= 11 is 0. The molecule has 0 saturated heterocycles. The Morgan fingerprint density at radius 2 is 1.61 bits per heavy atom. The van der Waals surface area contributed by atoms with Crippen molar-refractivity contribution >= 4 is 11.9 Å². The molecule has 0 spiro atoms. The van der Waals surface area contributed by atoms with Crippen molar-refractivity contribution in [2.24, 2.45) is 0 Å². The maximum atomic E-state index is 12.2. The SMILES string of the molecule is COC(=O)C(Cc1ccc(OC(C)=O)cc1)n1c(C)ccc1C. The summed E-state index contributed by atoms with van der Waals surface area (Å²) < 4.78 is 12.0. The van der Waals surface area contributed by atoms with Gasteiger partial charge in [0.2, 0.25) is 0 Å². The van der Waals surface area contributed by atoms with Crippen molar-refractivity contribution in [1.29, 1.82) is 0 Å². The number of methoxy groups -OCH3 is 1. The largest absolute Gasteiger partial charge is 0.467 e. The fraction of sp³-hybridized carbons (Fsp3) is 0.333. The van der Waals surface area contributed by atoms with Crippen LogP contribution in [0.15, 0.2) is 36.4 Å². The fourth-order valence-corrected chi connectivity index (χ4v) is 2.67. The number of esters is 2. The highest BCUT2D eigenvalue weighted by Gasteiger charge is 2.24. The Morgan fingerprint density at radius 3 is 2.09 bits per heavy atom. The number of hydrogen-bond donors (Lipinski definition) is 0. The van der Waals surface area contributed by atoms with Crippen LogP contribution < -0.4 is 4.74 Å². The molecule has 5 heteroatoms. The molecular formula is C18H21NO4. The van der Waals surface area contributed by atoms with Gasteiger partial charge in [0.05, 0.1) is 7.11 Å². The third-order valence-corrected chi connectivity index (χ3v) is 3.72. The first kappa shape index (κ1) is 16.8. The minimum absolute atomic E-state index is 0.281. The molecule has 0 bridgehead atoms. The van der Waals surface area contributed by atoms with E-state index in [1.54, 1.807) is 12.1 Å². The summed E-state index contributed by atoms with van der Waals surface area (Å²) in [4.78, 5) is 23.2. The van der Waals surface area contributed by atoms with Crippen molar-refractivity contribution < 1.29 is 19.1 Å². The standard InChI is InChI=1S/C18H21NO4/c1-12-5-6-13(2)19(12)17(18(21)22-4)11-15-7-9-16(10-8-15)23-14(3)20/h5-10,17H,11H2,1-4H3. The van der Waals surface area contributed by atoms with E-state index in [0.717, 1.165) is 17.0 Å². The smallest absolute Gasteiger partial charge is 0.329 e. The topological polar surface area (TPSA) is 57.5 Å². The van der Waals surface area contributed by atoms with E-state index >= 15 is 0 Å². The van der Waals surface area contributed by atoms with Gasteiger partial charge in [-0.2, -0.15) is 0 Å². The number of rotatable bonds is 5. The molecule has 0 saturated carbocycles. The predicted octanol–water partition coefficient (Wildman–Crippen LogP) is 2.99. The van der Waals surface area contributed by atoms with E-state index in [1.165, 1.54) is 14.0 Å². The molecule has 2 aromatic rings. The summed E-state index contributed by atoms with van der Waals surface area (Å²) in [5, 5.41) is 0. The number of nitrogens with zero attached hydrogens (tertiary/aromatic N) is 1. The van der Waals surface area contributed by atoms with Gasteiger partial charge >= 0.3 is 11.9 Å². The average Bonchev–Trinajstić information content (AvgIpc) is 2.84. The van der Waals surface area contributed by atoms with E-state index in [4.69, 9.17) is 9.47 Å². The zero-order valence-corrected chi connectivity index (χ0v) is 13.8. The molecule has 0 N–H and O–H groups in total. The summed E-state index contributed by atoms with van der Waals surface area (Å²) in [6.45, 7) is 5.29. The summed E-state index contributed by atoms with van der Waals surface area (Å²) in [5.74, 6) is -0.149. The van der Waals surface area contributed by atoms with Crippen molar-refractivity contribution in [3.05, 3.63) is 53.3 Å². The van der Waals surface area contributed by atoms with E-state index < -0.39 is 6.04 Å². The van der Waals surface area contributed by atoms with E-state index in [-0.39, 0.29) is 11.9 Å². The zero-order valence-electron chi connectivity index (χ0n) is 13.8. The third kappa shape index (κ3) is 4.00. The van der Waals surface area contributed by atoms with Gasteiger partial charge in [-0.3, -0.25) is 4.79 Å². The van der Waals surface area contributed by atoms with Crippen LogP contribution in [-0.2, 0) is 20.7 Å². The number of carbonyl (C=O) groups excluding carboxylic acids is 2. The second-order valence-electron chi connectivity index (χ2n) is 5.47. The second-order valence-corrected chi connectivity index (χ2v) is 5.47. The first-order valence-corrected chi connectivity index (χ1v) is 7.42. The average molecular weight is 315 g/mol. The van der Waals surface area contributed by atoms with Crippen LogP contribution in [0.2, 0.25) is 0 Å². The quantitative estimate of drug-likeness (QED) is 0.629. The predicted molar refractivity (Wildman–Crippen MR) is 86.4 cm³/mol. The minimum atomic E-state index is -0.422.